The summed E-state index contributed by atoms with van der Waals surface area (Å²) in [5.41, 5.74) is 5.29. The molecule has 7 heteroatoms. The average Bonchev–Trinajstić information content (AvgIpc) is 3.58. The van der Waals surface area contributed by atoms with Crippen LogP contribution in [0, 0.1) is 0 Å². The molecule has 0 bridgehead atoms. The van der Waals surface area contributed by atoms with Gasteiger partial charge in [0.15, 0.2) is 0 Å². The highest BCUT2D eigenvalue weighted by molar-refractivity contribution is 6.50. The maximum atomic E-state index is 13.2. The lowest BCUT2D eigenvalue weighted by Crippen LogP contribution is -2.42. The van der Waals surface area contributed by atoms with Crippen molar-refractivity contribution in [2.45, 2.75) is 31.8 Å². The second-order valence-corrected chi connectivity index (χ2v) is 9.86. The number of carbonyl (C=O) groups is 2. The first kappa shape index (κ1) is 21.6. The molecule has 0 unspecified atom stereocenters. The minimum atomic E-state index is -0.383. The summed E-state index contributed by atoms with van der Waals surface area (Å²) in [7, 11) is 0. The highest BCUT2D eigenvalue weighted by atomic mass is 16.5. The summed E-state index contributed by atoms with van der Waals surface area (Å²) in [4.78, 5) is 28.9. The molecular formula is C29H27N3O4. The van der Waals surface area contributed by atoms with E-state index in [2.05, 4.69) is 39.2 Å². The monoisotopic (exact) mass is 481 g/mol. The molecule has 2 aromatic heterocycles. The van der Waals surface area contributed by atoms with E-state index in [-0.39, 0.29) is 11.8 Å². The minimum absolute atomic E-state index is 0.360. The van der Waals surface area contributed by atoms with Crippen LogP contribution >= 0.6 is 0 Å². The number of ether oxygens (including phenoxy) is 1. The predicted octanol–water partition coefficient (Wildman–Crippen LogP) is 3.99. The Hall–Kier alpha value is -3.68. The molecule has 0 saturated carbocycles. The summed E-state index contributed by atoms with van der Waals surface area (Å²) >= 11 is 0. The summed E-state index contributed by atoms with van der Waals surface area (Å²) in [6.07, 6.45) is 6.77. The fourth-order valence-corrected chi connectivity index (χ4v) is 6.20. The largest absolute Gasteiger partial charge is 0.464 e. The Bertz CT molecular complexity index is 1550. The van der Waals surface area contributed by atoms with E-state index >= 15 is 0 Å². The zero-order valence-electron chi connectivity index (χ0n) is 20.0. The van der Waals surface area contributed by atoms with Crippen molar-refractivity contribution >= 4 is 44.8 Å². The highest BCUT2D eigenvalue weighted by Gasteiger charge is 2.35. The standard InChI is InChI=1S/C29H27N3O4/c33-28-24(22-6-2-4-19-8-16-36-27(19)22)25(29(34)30-28)23-17-32-13-12-31(20-9-14-35-15-10-20)11-7-18-3-1-5-21(23)26(18)32/h1-6,8,16-17,20H,7,9-15H2,(H,30,33,34). The first-order chi connectivity index (χ1) is 17.7. The first-order valence-corrected chi connectivity index (χ1v) is 12.7. The quantitative estimate of drug-likeness (QED) is 0.448. The van der Waals surface area contributed by atoms with E-state index in [1.807, 2.05) is 24.3 Å². The molecule has 2 amide bonds. The molecule has 0 spiro atoms. The second-order valence-electron chi connectivity index (χ2n) is 9.86. The van der Waals surface area contributed by atoms with Crippen LogP contribution in [0.2, 0.25) is 0 Å². The molecule has 0 radical (unpaired) electrons. The third-order valence-corrected chi connectivity index (χ3v) is 7.93. The zero-order valence-corrected chi connectivity index (χ0v) is 20.0. The number of nitrogens with one attached hydrogen (secondary N) is 1. The molecule has 36 heavy (non-hydrogen) atoms. The number of rotatable bonds is 3. The van der Waals surface area contributed by atoms with Gasteiger partial charge in [0.1, 0.15) is 5.58 Å². The van der Waals surface area contributed by atoms with Crippen LogP contribution in [0.3, 0.4) is 0 Å². The number of fused-ring (bicyclic) bond motifs is 1. The molecule has 0 atom stereocenters. The number of para-hydroxylation sites is 2. The number of benzene rings is 2. The molecule has 3 aliphatic heterocycles. The fourth-order valence-electron chi connectivity index (χ4n) is 6.20. The number of nitrogens with zero attached hydrogens (tertiary/aromatic N) is 2. The number of hydrogen-bond acceptors (Lipinski definition) is 5. The Morgan fingerprint density at radius 2 is 1.67 bits per heavy atom. The van der Waals surface area contributed by atoms with Gasteiger partial charge in [0.05, 0.1) is 22.9 Å². The van der Waals surface area contributed by atoms with Crippen LogP contribution in [0.1, 0.15) is 29.5 Å². The second kappa shape index (κ2) is 8.47. The van der Waals surface area contributed by atoms with E-state index in [1.165, 1.54) is 5.56 Å². The van der Waals surface area contributed by atoms with Gasteiger partial charge in [0.2, 0.25) is 0 Å². The van der Waals surface area contributed by atoms with Gasteiger partial charge >= 0.3 is 0 Å². The zero-order chi connectivity index (χ0) is 24.2. The van der Waals surface area contributed by atoms with Crippen LogP contribution in [0.5, 0.6) is 0 Å². The van der Waals surface area contributed by atoms with Crippen molar-refractivity contribution in [3.63, 3.8) is 0 Å². The van der Waals surface area contributed by atoms with E-state index in [0.717, 1.165) is 74.0 Å². The number of aromatic nitrogens is 1. The SMILES string of the molecule is O=C1NC(=O)C(c2cccc3ccoc23)=C1c1cn2c3c(cccc13)CCN(C1CCOCC1)CC2. The van der Waals surface area contributed by atoms with Gasteiger partial charge < -0.3 is 13.7 Å². The van der Waals surface area contributed by atoms with Crippen LogP contribution < -0.4 is 5.32 Å². The maximum Gasteiger partial charge on any atom is 0.259 e. The molecule has 2 aromatic carbocycles. The van der Waals surface area contributed by atoms with Gasteiger partial charge in [0, 0.05) is 67.0 Å². The number of furan rings is 1. The van der Waals surface area contributed by atoms with Crippen LogP contribution in [0.15, 0.2) is 59.3 Å². The maximum absolute atomic E-state index is 13.2. The third kappa shape index (κ3) is 3.34. The van der Waals surface area contributed by atoms with Crippen molar-refractivity contribution in [1.82, 2.24) is 14.8 Å². The number of imide groups is 1. The van der Waals surface area contributed by atoms with Crippen molar-refractivity contribution in [2.75, 3.05) is 26.3 Å². The molecule has 182 valence electrons. The van der Waals surface area contributed by atoms with E-state index in [4.69, 9.17) is 9.15 Å². The average molecular weight is 482 g/mol. The lowest BCUT2D eigenvalue weighted by molar-refractivity contribution is -0.122. The van der Waals surface area contributed by atoms with Crippen LogP contribution in [0.4, 0.5) is 0 Å². The summed E-state index contributed by atoms with van der Waals surface area (Å²) in [5.74, 6) is -0.743. The van der Waals surface area contributed by atoms with Crippen molar-refractivity contribution < 1.29 is 18.7 Å². The minimum Gasteiger partial charge on any atom is -0.464 e. The van der Waals surface area contributed by atoms with Gasteiger partial charge in [-0.25, -0.2) is 0 Å². The lowest BCUT2D eigenvalue weighted by Gasteiger charge is -2.35. The third-order valence-electron chi connectivity index (χ3n) is 7.93. The molecule has 7 rings (SSSR count). The number of amides is 2. The highest BCUT2D eigenvalue weighted by Crippen LogP contribution is 2.39. The normalized spacial score (nSPS) is 19.8. The van der Waals surface area contributed by atoms with Crippen LogP contribution in [0.25, 0.3) is 33.0 Å². The molecule has 0 aliphatic carbocycles. The van der Waals surface area contributed by atoms with Gasteiger partial charge in [0.25, 0.3) is 11.8 Å². The Labute approximate surface area is 208 Å². The van der Waals surface area contributed by atoms with Gasteiger partial charge in [-0.3, -0.25) is 19.8 Å². The van der Waals surface area contributed by atoms with E-state index in [9.17, 15) is 9.59 Å². The van der Waals surface area contributed by atoms with Gasteiger partial charge in [-0.05, 0) is 30.9 Å². The Kier molecular flexibility index (Phi) is 5.08. The molecule has 1 fully saturated rings. The lowest BCUT2D eigenvalue weighted by atomic mass is 9.94. The predicted molar refractivity (Wildman–Crippen MR) is 137 cm³/mol. The van der Waals surface area contributed by atoms with Gasteiger partial charge in [-0.1, -0.05) is 36.4 Å². The molecular weight excluding hydrogens is 454 g/mol. The van der Waals surface area contributed by atoms with E-state index in [1.54, 1.807) is 6.26 Å². The fraction of sp³-hybridized carbons (Fsp3) is 0.310. The molecule has 5 heterocycles. The molecule has 7 nitrogen and oxygen atoms in total. The van der Waals surface area contributed by atoms with Crippen molar-refractivity contribution in [2.24, 2.45) is 0 Å². The summed E-state index contributed by atoms with van der Waals surface area (Å²) in [5, 5.41) is 4.45. The van der Waals surface area contributed by atoms with Gasteiger partial charge in [-0.2, -0.15) is 0 Å². The molecule has 1 N–H and O–H groups in total. The van der Waals surface area contributed by atoms with Crippen LogP contribution in [-0.2, 0) is 27.3 Å². The topological polar surface area (TPSA) is 76.7 Å². The number of hydrogen-bond donors (Lipinski definition) is 1. The molecule has 3 aliphatic rings. The van der Waals surface area contributed by atoms with E-state index in [0.29, 0.717) is 28.3 Å². The van der Waals surface area contributed by atoms with Crippen molar-refractivity contribution in [1.29, 1.82) is 0 Å². The Morgan fingerprint density at radius 1 is 0.861 bits per heavy atom. The summed E-state index contributed by atoms with van der Waals surface area (Å²) in [6.45, 7) is 4.45. The summed E-state index contributed by atoms with van der Waals surface area (Å²) in [6, 6.07) is 14.4. The molecule has 4 aromatic rings. The first-order valence-electron chi connectivity index (χ1n) is 12.7. The van der Waals surface area contributed by atoms with E-state index < -0.39 is 0 Å². The number of carbonyl (C=O) groups excluding carboxylic acids is 2. The Morgan fingerprint density at radius 3 is 2.53 bits per heavy atom. The molecule has 1 saturated heterocycles. The van der Waals surface area contributed by atoms with Crippen LogP contribution in [-0.4, -0.2) is 53.6 Å². The summed E-state index contributed by atoms with van der Waals surface area (Å²) < 4.78 is 13.6. The smallest absolute Gasteiger partial charge is 0.259 e. The van der Waals surface area contributed by atoms with Crippen molar-refractivity contribution in [3.8, 4) is 0 Å². The Balaban J connectivity index is 1.37. The van der Waals surface area contributed by atoms with Crippen molar-refractivity contribution in [3.05, 3.63) is 71.6 Å². The van der Waals surface area contributed by atoms with Gasteiger partial charge in [-0.15, -0.1) is 0 Å².